The molecule has 2 aromatic carbocycles. The van der Waals surface area contributed by atoms with Crippen molar-refractivity contribution < 1.29 is 18.7 Å². The molecule has 0 aliphatic heterocycles. The predicted octanol–water partition coefficient (Wildman–Crippen LogP) is 3.24. The molecule has 0 saturated heterocycles. The van der Waals surface area contributed by atoms with Gasteiger partial charge in [-0.1, -0.05) is 12.1 Å². The van der Waals surface area contributed by atoms with E-state index in [2.05, 4.69) is 5.32 Å². The first kappa shape index (κ1) is 14.8. The summed E-state index contributed by atoms with van der Waals surface area (Å²) in [6, 6.07) is 12.7. The van der Waals surface area contributed by atoms with Gasteiger partial charge in [-0.3, -0.25) is 4.79 Å². The first-order valence-corrected chi connectivity index (χ1v) is 6.45. The molecule has 4 nitrogen and oxygen atoms in total. The van der Waals surface area contributed by atoms with Crippen LogP contribution in [0.2, 0.25) is 0 Å². The number of halogens is 1. The molecule has 1 unspecified atom stereocenters. The largest absolute Gasteiger partial charge is 0.497 e. The lowest BCUT2D eigenvalue weighted by Crippen LogP contribution is -2.30. The lowest BCUT2D eigenvalue weighted by Gasteiger charge is -2.15. The van der Waals surface area contributed by atoms with Crippen molar-refractivity contribution in [2.24, 2.45) is 0 Å². The summed E-state index contributed by atoms with van der Waals surface area (Å²) >= 11 is 0. The third kappa shape index (κ3) is 4.21. The molecule has 1 N–H and O–H groups in total. The Hall–Kier alpha value is -2.56. The van der Waals surface area contributed by atoms with Gasteiger partial charge in [0.25, 0.3) is 5.91 Å². The van der Waals surface area contributed by atoms with Gasteiger partial charge < -0.3 is 14.8 Å². The first-order chi connectivity index (χ1) is 10.1. The highest BCUT2D eigenvalue weighted by molar-refractivity contribution is 5.94. The van der Waals surface area contributed by atoms with Gasteiger partial charge in [-0.25, -0.2) is 4.39 Å². The lowest BCUT2D eigenvalue weighted by atomic mass is 10.2. The summed E-state index contributed by atoms with van der Waals surface area (Å²) in [5.41, 5.74) is 0.606. The van der Waals surface area contributed by atoms with Crippen LogP contribution in [0.3, 0.4) is 0 Å². The molecule has 0 aromatic heterocycles. The van der Waals surface area contributed by atoms with Crippen LogP contribution in [0.4, 0.5) is 10.1 Å². The van der Waals surface area contributed by atoms with Crippen LogP contribution in [0.25, 0.3) is 0 Å². The van der Waals surface area contributed by atoms with Crippen molar-refractivity contribution in [1.29, 1.82) is 0 Å². The quantitative estimate of drug-likeness (QED) is 0.919. The number of carbonyl (C=O) groups excluding carboxylic acids is 1. The Bertz CT molecular complexity index is 630. The predicted molar refractivity (Wildman–Crippen MR) is 78.1 cm³/mol. The highest BCUT2D eigenvalue weighted by atomic mass is 19.1. The minimum atomic E-state index is -0.752. The molecule has 5 heteroatoms. The molecule has 0 fully saturated rings. The number of ether oxygens (including phenoxy) is 2. The average Bonchev–Trinajstić information content (AvgIpc) is 2.47. The topological polar surface area (TPSA) is 47.6 Å². The van der Waals surface area contributed by atoms with E-state index in [1.54, 1.807) is 44.4 Å². The zero-order chi connectivity index (χ0) is 15.2. The third-order valence-electron chi connectivity index (χ3n) is 2.82. The number of benzene rings is 2. The van der Waals surface area contributed by atoms with Gasteiger partial charge in [-0.2, -0.15) is 0 Å². The zero-order valence-electron chi connectivity index (χ0n) is 11.8. The van der Waals surface area contributed by atoms with E-state index >= 15 is 0 Å². The van der Waals surface area contributed by atoms with E-state index in [1.807, 2.05) is 0 Å². The summed E-state index contributed by atoms with van der Waals surface area (Å²) < 4.78 is 23.5. The van der Waals surface area contributed by atoms with E-state index in [-0.39, 0.29) is 5.91 Å². The van der Waals surface area contributed by atoms with E-state index in [1.165, 1.54) is 18.2 Å². The molecule has 0 spiro atoms. The molecule has 1 amide bonds. The molecule has 21 heavy (non-hydrogen) atoms. The Morgan fingerprint density at radius 1 is 1.14 bits per heavy atom. The first-order valence-electron chi connectivity index (χ1n) is 6.45. The van der Waals surface area contributed by atoms with Crippen LogP contribution in [0.1, 0.15) is 6.92 Å². The number of nitrogens with one attached hydrogen (secondary N) is 1. The van der Waals surface area contributed by atoms with E-state index in [0.717, 1.165) is 0 Å². The molecule has 0 bridgehead atoms. The number of hydrogen-bond acceptors (Lipinski definition) is 3. The number of methoxy groups -OCH3 is 1. The number of rotatable bonds is 5. The van der Waals surface area contributed by atoms with Crippen molar-refractivity contribution in [3.63, 3.8) is 0 Å². The van der Waals surface area contributed by atoms with Crippen molar-refractivity contribution >= 4 is 11.6 Å². The van der Waals surface area contributed by atoms with Crippen LogP contribution < -0.4 is 14.8 Å². The van der Waals surface area contributed by atoms with Crippen LogP contribution in [-0.4, -0.2) is 19.1 Å². The fraction of sp³-hybridized carbons (Fsp3) is 0.188. The average molecular weight is 289 g/mol. The summed E-state index contributed by atoms with van der Waals surface area (Å²) in [6.07, 6.45) is -0.752. The van der Waals surface area contributed by atoms with Crippen molar-refractivity contribution in [3.8, 4) is 11.5 Å². The third-order valence-corrected chi connectivity index (χ3v) is 2.82. The Kier molecular flexibility index (Phi) is 4.77. The number of amides is 1. The molecule has 0 radical (unpaired) electrons. The maximum absolute atomic E-state index is 13.1. The highest BCUT2D eigenvalue weighted by Gasteiger charge is 2.15. The molecule has 0 saturated carbocycles. The second-order valence-electron chi connectivity index (χ2n) is 4.44. The molecule has 0 aliphatic rings. The molecule has 0 aliphatic carbocycles. The molecule has 1 atom stereocenters. The number of hydrogen-bond donors (Lipinski definition) is 1. The summed E-state index contributed by atoms with van der Waals surface area (Å²) in [4.78, 5) is 12.0. The summed E-state index contributed by atoms with van der Waals surface area (Å²) in [5, 5.41) is 2.71. The van der Waals surface area contributed by atoms with Crippen molar-refractivity contribution in [3.05, 3.63) is 54.3 Å². The van der Waals surface area contributed by atoms with Crippen molar-refractivity contribution in [2.75, 3.05) is 12.4 Å². The Labute approximate surface area is 122 Å². The van der Waals surface area contributed by atoms with Gasteiger partial charge in [0, 0.05) is 17.8 Å². The minimum Gasteiger partial charge on any atom is -0.497 e. The molecular formula is C16H16FNO3. The maximum Gasteiger partial charge on any atom is 0.265 e. The van der Waals surface area contributed by atoms with Gasteiger partial charge in [0.2, 0.25) is 0 Å². The van der Waals surface area contributed by atoms with Gasteiger partial charge in [0.05, 0.1) is 7.11 Å². The van der Waals surface area contributed by atoms with Gasteiger partial charge in [0.15, 0.2) is 6.10 Å². The summed E-state index contributed by atoms with van der Waals surface area (Å²) in [6.45, 7) is 1.60. The summed E-state index contributed by atoms with van der Waals surface area (Å²) in [7, 11) is 1.55. The second kappa shape index (κ2) is 6.74. The van der Waals surface area contributed by atoms with Crippen LogP contribution in [-0.2, 0) is 4.79 Å². The van der Waals surface area contributed by atoms with Crippen LogP contribution in [0.5, 0.6) is 11.5 Å². The Balaban J connectivity index is 1.99. The van der Waals surface area contributed by atoms with Crippen LogP contribution in [0, 0.1) is 5.82 Å². The molecule has 2 rings (SSSR count). The van der Waals surface area contributed by atoms with E-state index in [9.17, 15) is 9.18 Å². The van der Waals surface area contributed by atoms with E-state index in [0.29, 0.717) is 17.2 Å². The maximum atomic E-state index is 13.1. The SMILES string of the molecule is COc1cccc(NC(=O)C(C)Oc2cccc(F)c2)c1. The fourth-order valence-electron chi connectivity index (χ4n) is 1.74. The van der Waals surface area contributed by atoms with Gasteiger partial charge in [-0.05, 0) is 31.2 Å². The van der Waals surface area contributed by atoms with Gasteiger partial charge >= 0.3 is 0 Å². The number of anilines is 1. The van der Waals surface area contributed by atoms with E-state index < -0.39 is 11.9 Å². The number of carbonyl (C=O) groups is 1. The van der Waals surface area contributed by atoms with Crippen molar-refractivity contribution in [1.82, 2.24) is 0 Å². The molecule has 0 heterocycles. The lowest BCUT2D eigenvalue weighted by molar-refractivity contribution is -0.122. The van der Waals surface area contributed by atoms with Crippen LogP contribution >= 0.6 is 0 Å². The second-order valence-corrected chi connectivity index (χ2v) is 4.44. The van der Waals surface area contributed by atoms with Gasteiger partial charge in [-0.15, -0.1) is 0 Å². The normalized spacial score (nSPS) is 11.6. The standard InChI is InChI=1S/C16H16FNO3/c1-11(21-15-8-3-5-12(17)9-15)16(19)18-13-6-4-7-14(10-13)20-2/h3-11H,1-2H3,(H,18,19). The minimum absolute atomic E-state index is 0.309. The highest BCUT2D eigenvalue weighted by Crippen LogP contribution is 2.18. The Morgan fingerprint density at radius 3 is 2.57 bits per heavy atom. The fourth-order valence-corrected chi connectivity index (χ4v) is 1.74. The van der Waals surface area contributed by atoms with Gasteiger partial charge in [0.1, 0.15) is 17.3 Å². The van der Waals surface area contributed by atoms with E-state index in [4.69, 9.17) is 9.47 Å². The van der Waals surface area contributed by atoms with Crippen molar-refractivity contribution in [2.45, 2.75) is 13.0 Å². The molecular weight excluding hydrogens is 273 g/mol. The monoisotopic (exact) mass is 289 g/mol. The molecule has 110 valence electrons. The summed E-state index contributed by atoms with van der Waals surface area (Å²) in [5.74, 6) is 0.218. The van der Waals surface area contributed by atoms with Crippen LogP contribution in [0.15, 0.2) is 48.5 Å². The zero-order valence-corrected chi connectivity index (χ0v) is 11.8. The molecule has 2 aromatic rings. The Morgan fingerprint density at radius 2 is 1.86 bits per heavy atom. The smallest absolute Gasteiger partial charge is 0.265 e.